The van der Waals surface area contributed by atoms with Crippen molar-refractivity contribution in [1.29, 1.82) is 0 Å². The fraction of sp³-hybridized carbons (Fsp3) is 0.600. The van der Waals surface area contributed by atoms with Crippen LogP contribution in [0.15, 0.2) is 23.0 Å². The first kappa shape index (κ1) is 21.5. The molecule has 2 aromatic rings. The second-order valence-electron chi connectivity index (χ2n) is 7.89. The summed E-state index contributed by atoms with van der Waals surface area (Å²) in [5.41, 5.74) is 8.22. The van der Waals surface area contributed by atoms with Gasteiger partial charge in [0.15, 0.2) is 0 Å². The largest absolute Gasteiger partial charge is 0.342 e. The lowest BCUT2D eigenvalue weighted by Gasteiger charge is -2.21. The molecule has 1 aliphatic rings. The van der Waals surface area contributed by atoms with Crippen LogP contribution in [0.5, 0.6) is 0 Å². The minimum absolute atomic E-state index is 0. The van der Waals surface area contributed by atoms with Gasteiger partial charge in [0.05, 0.1) is 11.0 Å². The summed E-state index contributed by atoms with van der Waals surface area (Å²) in [6, 6.07) is 5.88. The van der Waals surface area contributed by atoms with Crippen molar-refractivity contribution in [2.75, 3.05) is 13.6 Å². The van der Waals surface area contributed by atoms with E-state index in [1.165, 1.54) is 12.8 Å². The van der Waals surface area contributed by atoms with Gasteiger partial charge in [-0.1, -0.05) is 26.7 Å². The lowest BCUT2D eigenvalue weighted by Crippen LogP contribution is -2.34. The highest BCUT2D eigenvalue weighted by Crippen LogP contribution is 2.30. The number of carbonyl (C=O) groups excluding carboxylic acids is 1. The van der Waals surface area contributed by atoms with Crippen LogP contribution in [0, 0.1) is 5.92 Å². The second kappa shape index (κ2) is 8.93. The molecular weight excluding hydrogens is 364 g/mol. The number of imidazole rings is 1. The van der Waals surface area contributed by atoms with Gasteiger partial charge in [0.1, 0.15) is 0 Å². The number of hydrogen-bond donors (Lipinski definition) is 2. The zero-order chi connectivity index (χ0) is 18.8. The molecule has 1 unspecified atom stereocenters. The molecule has 1 heterocycles. The molecule has 1 saturated carbocycles. The number of nitrogens with one attached hydrogen (secondary N) is 1. The van der Waals surface area contributed by atoms with E-state index in [9.17, 15) is 9.59 Å². The van der Waals surface area contributed by atoms with Gasteiger partial charge in [-0.05, 0) is 43.4 Å². The number of benzene rings is 1. The number of hydrogen-bond acceptors (Lipinski definition) is 3. The van der Waals surface area contributed by atoms with Crippen LogP contribution in [0.1, 0.15) is 62.4 Å². The SMILES string of the molecule is CC(C)C(N)CCN(C)C(=O)c1ccc2c(c1)[nH]c(=O)n2C1CCCC1.Cl. The predicted molar refractivity (Wildman–Crippen MR) is 112 cm³/mol. The lowest BCUT2D eigenvalue weighted by atomic mass is 10.0. The van der Waals surface area contributed by atoms with Crippen molar-refractivity contribution < 1.29 is 4.79 Å². The Morgan fingerprint density at radius 3 is 2.63 bits per heavy atom. The van der Waals surface area contributed by atoms with Gasteiger partial charge in [0.2, 0.25) is 0 Å². The van der Waals surface area contributed by atoms with E-state index in [1.807, 2.05) is 16.7 Å². The van der Waals surface area contributed by atoms with Crippen molar-refractivity contribution in [2.24, 2.45) is 11.7 Å². The van der Waals surface area contributed by atoms with Crippen LogP contribution >= 0.6 is 12.4 Å². The number of fused-ring (bicyclic) bond motifs is 1. The van der Waals surface area contributed by atoms with Crippen LogP contribution < -0.4 is 11.4 Å². The molecule has 0 saturated heterocycles. The van der Waals surface area contributed by atoms with Gasteiger partial charge >= 0.3 is 5.69 Å². The van der Waals surface area contributed by atoms with Gasteiger partial charge in [-0.25, -0.2) is 4.79 Å². The molecule has 1 aromatic heterocycles. The summed E-state index contributed by atoms with van der Waals surface area (Å²) < 4.78 is 1.86. The maximum Gasteiger partial charge on any atom is 0.326 e. The van der Waals surface area contributed by atoms with Crippen LogP contribution in [0.2, 0.25) is 0 Å². The predicted octanol–water partition coefficient (Wildman–Crippen LogP) is 3.31. The molecule has 7 heteroatoms. The number of carbonyl (C=O) groups is 1. The minimum Gasteiger partial charge on any atom is -0.342 e. The Morgan fingerprint density at radius 1 is 1.33 bits per heavy atom. The normalized spacial score (nSPS) is 15.9. The molecule has 1 aromatic carbocycles. The fourth-order valence-electron chi connectivity index (χ4n) is 3.79. The first-order chi connectivity index (χ1) is 12.4. The molecule has 3 N–H and O–H groups in total. The summed E-state index contributed by atoms with van der Waals surface area (Å²) in [6.07, 6.45) is 5.21. The van der Waals surface area contributed by atoms with Crippen molar-refractivity contribution in [2.45, 2.75) is 58.0 Å². The third-order valence-corrected chi connectivity index (χ3v) is 5.65. The summed E-state index contributed by atoms with van der Waals surface area (Å²) in [7, 11) is 1.80. The fourth-order valence-corrected chi connectivity index (χ4v) is 3.79. The molecule has 3 rings (SSSR count). The summed E-state index contributed by atoms with van der Waals surface area (Å²) >= 11 is 0. The Labute approximate surface area is 166 Å². The average molecular weight is 395 g/mol. The summed E-state index contributed by atoms with van der Waals surface area (Å²) in [6.45, 7) is 4.80. The Bertz CT molecular complexity index is 836. The maximum absolute atomic E-state index is 12.7. The molecule has 27 heavy (non-hydrogen) atoms. The van der Waals surface area contributed by atoms with E-state index in [2.05, 4.69) is 18.8 Å². The molecule has 0 bridgehead atoms. The molecule has 0 spiro atoms. The molecule has 150 valence electrons. The molecule has 6 nitrogen and oxygen atoms in total. The van der Waals surface area contributed by atoms with E-state index >= 15 is 0 Å². The van der Waals surface area contributed by atoms with Crippen molar-refractivity contribution in [3.05, 3.63) is 34.2 Å². The van der Waals surface area contributed by atoms with Crippen molar-refractivity contribution in [3.63, 3.8) is 0 Å². The first-order valence-electron chi connectivity index (χ1n) is 9.63. The van der Waals surface area contributed by atoms with E-state index in [-0.39, 0.29) is 36.1 Å². The van der Waals surface area contributed by atoms with E-state index < -0.39 is 0 Å². The number of amides is 1. The quantitative estimate of drug-likeness (QED) is 0.788. The Hall–Kier alpha value is -1.79. The third kappa shape index (κ3) is 4.55. The summed E-state index contributed by atoms with van der Waals surface area (Å²) in [5, 5.41) is 0. The number of nitrogens with two attached hydrogens (primary N) is 1. The zero-order valence-corrected chi connectivity index (χ0v) is 17.2. The topological polar surface area (TPSA) is 84.1 Å². The molecule has 1 atom stereocenters. The highest BCUT2D eigenvalue weighted by molar-refractivity contribution is 5.97. The lowest BCUT2D eigenvalue weighted by molar-refractivity contribution is 0.0789. The summed E-state index contributed by atoms with van der Waals surface area (Å²) in [5.74, 6) is 0.354. The first-order valence-corrected chi connectivity index (χ1v) is 9.63. The van der Waals surface area contributed by atoms with Crippen LogP contribution in [0.4, 0.5) is 0 Å². The number of rotatable bonds is 6. The van der Waals surface area contributed by atoms with Crippen molar-refractivity contribution in [1.82, 2.24) is 14.5 Å². The van der Waals surface area contributed by atoms with Crippen LogP contribution in [-0.2, 0) is 0 Å². The molecule has 1 fully saturated rings. The van der Waals surface area contributed by atoms with Crippen molar-refractivity contribution in [3.8, 4) is 0 Å². The molecule has 1 amide bonds. The minimum atomic E-state index is -0.0761. The Kier molecular flexibility index (Phi) is 7.12. The van der Waals surface area contributed by atoms with Gasteiger partial charge in [0.25, 0.3) is 5.91 Å². The molecule has 0 radical (unpaired) electrons. The molecule has 0 aliphatic heterocycles. The highest BCUT2D eigenvalue weighted by atomic mass is 35.5. The molecule has 1 aliphatic carbocycles. The van der Waals surface area contributed by atoms with E-state index in [0.717, 1.165) is 30.3 Å². The van der Waals surface area contributed by atoms with E-state index in [0.29, 0.717) is 18.0 Å². The standard InChI is InChI=1S/C20H30N4O2.ClH/c1-13(2)16(21)10-11-23(3)19(25)14-8-9-18-17(12-14)22-20(26)24(18)15-6-4-5-7-15;/h8-9,12-13,15-16H,4-7,10-11,21H2,1-3H3,(H,22,26);1H. The average Bonchev–Trinajstić information content (AvgIpc) is 3.24. The van der Waals surface area contributed by atoms with Gasteiger partial charge in [0, 0.05) is 31.2 Å². The van der Waals surface area contributed by atoms with E-state index in [1.54, 1.807) is 18.0 Å². The van der Waals surface area contributed by atoms with Crippen LogP contribution in [0.25, 0.3) is 11.0 Å². The highest BCUT2D eigenvalue weighted by Gasteiger charge is 2.22. The van der Waals surface area contributed by atoms with Crippen molar-refractivity contribution >= 4 is 29.3 Å². The number of halogens is 1. The van der Waals surface area contributed by atoms with Gasteiger partial charge in [-0.15, -0.1) is 12.4 Å². The Balaban J connectivity index is 0.00000261. The van der Waals surface area contributed by atoms with Gasteiger partial charge in [-0.2, -0.15) is 0 Å². The number of H-pyrrole nitrogens is 1. The van der Waals surface area contributed by atoms with E-state index in [4.69, 9.17) is 5.73 Å². The Morgan fingerprint density at radius 2 is 2.00 bits per heavy atom. The number of aromatic amines is 1. The number of nitrogens with zero attached hydrogens (tertiary/aromatic N) is 2. The summed E-state index contributed by atoms with van der Waals surface area (Å²) in [4.78, 5) is 29.7. The smallest absolute Gasteiger partial charge is 0.326 e. The third-order valence-electron chi connectivity index (χ3n) is 5.65. The monoisotopic (exact) mass is 394 g/mol. The maximum atomic E-state index is 12.7. The zero-order valence-electron chi connectivity index (χ0n) is 16.4. The van der Waals surface area contributed by atoms with Gasteiger partial charge < -0.3 is 15.6 Å². The molecular formula is C20H31ClN4O2. The van der Waals surface area contributed by atoms with Crippen LogP contribution in [-0.4, -0.2) is 40.0 Å². The number of aromatic nitrogens is 2. The second-order valence-corrected chi connectivity index (χ2v) is 7.89. The van der Waals surface area contributed by atoms with Crippen LogP contribution in [0.3, 0.4) is 0 Å². The van der Waals surface area contributed by atoms with Gasteiger partial charge in [-0.3, -0.25) is 9.36 Å².